The van der Waals surface area contributed by atoms with Gasteiger partial charge in [0.15, 0.2) is 0 Å². The Labute approximate surface area is 80.2 Å². The topological polar surface area (TPSA) is 38.9 Å². The average Bonchev–Trinajstić information content (AvgIpc) is 2.19. The zero-order chi connectivity index (χ0) is 9.52. The van der Waals surface area contributed by atoms with Crippen LogP contribution in [0.15, 0.2) is 24.5 Å². The number of hydrogen-bond donors (Lipinski definition) is 1. The quantitative estimate of drug-likeness (QED) is 0.704. The zero-order valence-electron chi connectivity index (χ0n) is 8.24. The van der Waals surface area contributed by atoms with Crippen molar-refractivity contribution in [3.63, 3.8) is 0 Å². The van der Waals surface area contributed by atoms with Crippen LogP contribution < -0.4 is 5.73 Å². The Kier molecular flexibility index (Phi) is 4.47. The van der Waals surface area contributed by atoms with Gasteiger partial charge in [-0.1, -0.05) is 32.3 Å². The highest BCUT2D eigenvalue weighted by Gasteiger charge is 2.03. The SMILES string of the molecule is CCCCC[C@H](N)c1cccnc1. The highest BCUT2D eigenvalue weighted by atomic mass is 14.7. The van der Waals surface area contributed by atoms with E-state index in [9.17, 15) is 0 Å². The highest BCUT2D eigenvalue weighted by Crippen LogP contribution is 2.15. The average molecular weight is 178 g/mol. The van der Waals surface area contributed by atoms with E-state index in [1.807, 2.05) is 18.3 Å². The van der Waals surface area contributed by atoms with Crippen LogP contribution in [0.2, 0.25) is 0 Å². The second-order valence-corrected chi connectivity index (χ2v) is 3.39. The first-order valence-corrected chi connectivity index (χ1v) is 5.00. The third-order valence-corrected chi connectivity index (χ3v) is 2.23. The summed E-state index contributed by atoms with van der Waals surface area (Å²) in [5.41, 5.74) is 7.15. The number of aromatic nitrogens is 1. The lowest BCUT2D eigenvalue weighted by Gasteiger charge is -2.10. The summed E-state index contributed by atoms with van der Waals surface area (Å²) in [7, 11) is 0. The van der Waals surface area contributed by atoms with Crippen LogP contribution in [0.3, 0.4) is 0 Å². The summed E-state index contributed by atoms with van der Waals surface area (Å²) in [5, 5.41) is 0. The number of nitrogens with zero attached hydrogens (tertiary/aromatic N) is 1. The highest BCUT2D eigenvalue weighted by molar-refractivity contribution is 5.12. The van der Waals surface area contributed by atoms with E-state index in [2.05, 4.69) is 11.9 Å². The molecule has 1 aromatic rings. The summed E-state index contributed by atoms with van der Waals surface area (Å²) < 4.78 is 0. The van der Waals surface area contributed by atoms with Crippen molar-refractivity contribution in [3.8, 4) is 0 Å². The van der Waals surface area contributed by atoms with Gasteiger partial charge in [0.25, 0.3) is 0 Å². The van der Waals surface area contributed by atoms with Crippen LogP contribution in [0.1, 0.15) is 44.2 Å². The van der Waals surface area contributed by atoms with Crippen LogP contribution in [-0.4, -0.2) is 4.98 Å². The zero-order valence-corrected chi connectivity index (χ0v) is 8.24. The molecule has 0 saturated heterocycles. The van der Waals surface area contributed by atoms with Gasteiger partial charge >= 0.3 is 0 Å². The van der Waals surface area contributed by atoms with Crippen LogP contribution in [0.5, 0.6) is 0 Å². The molecule has 13 heavy (non-hydrogen) atoms. The molecule has 2 nitrogen and oxygen atoms in total. The maximum atomic E-state index is 6.00. The van der Waals surface area contributed by atoms with E-state index < -0.39 is 0 Å². The van der Waals surface area contributed by atoms with Crippen molar-refractivity contribution in [2.75, 3.05) is 0 Å². The molecule has 0 saturated carbocycles. The molecule has 1 atom stereocenters. The van der Waals surface area contributed by atoms with Crippen molar-refractivity contribution in [1.82, 2.24) is 4.98 Å². The first-order chi connectivity index (χ1) is 6.34. The van der Waals surface area contributed by atoms with Crippen molar-refractivity contribution < 1.29 is 0 Å². The molecule has 0 radical (unpaired) electrons. The van der Waals surface area contributed by atoms with Crippen LogP contribution in [0, 0.1) is 0 Å². The van der Waals surface area contributed by atoms with Crippen molar-refractivity contribution >= 4 is 0 Å². The van der Waals surface area contributed by atoms with Crippen LogP contribution in [0.4, 0.5) is 0 Å². The van der Waals surface area contributed by atoms with Crippen LogP contribution in [-0.2, 0) is 0 Å². The maximum Gasteiger partial charge on any atom is 0.0315 e. The molecule has 72 valence electrons. The van der Waals surface area contributed by atoms with Gasteiger partial charge in [-0.15, -0.1) is 0 Å². The lowest BCUT2D eigenvalue weighted by molar-refractivity contribution is 0.580. The third kappa shape index (κ3) is 3.55. The molecule has 0 aliphatic heterocycles. The number of hydrogen-bond acceptors (Lipinski definition) is 2. The van der Waals surface area contributed by atoms with Crippen molar-refractivity contribution in [2.45, 2.75) is 38.6 Å². The van der Waals surface area contributed by atoms with Gasteiger partial charge in [0, 0.05) is 18.4 Å². The number of unbranched alkanes of at least 4 members (excludes halogenated alkanes) is 2. The minimum Gasteiger partial charge on any atom is -0.324 e. The molecule has 0 amide bonds. The summed E-state index contributed by atoms with van der Waals surface area (Å²) in [6.07, 6.45) is 8.44. The summed E-state index contributed by atoms with van der Waals surface area (Å²) in [6.45, 7) is 2.20. The number of rotatable bonds is 5. The maximum absolute atomic E-state index is 6.00. The third-order valence-electron chi connectivity index (χ3n) is 2.23. The molecule has 1 aromatic heterocycles. The summed E-state index contributed by atoms with van der Waals surface area (Å²) in [4.78, 5) is 4.05. The predicted octanol–water partition coefficient (Wildman–Crippen LogP) is 2.66. The molecule has 0 aliphatic rings. The lowest BCUT2D eigenvalue weighted by Crippen LogP contribution is -2.10. The minimum absolute atomic E-state index is 0.167. The van der Waals surface area contributed by atoms with E-state index in [-0.39, 0.29) is 6.04 Å². The molecule has 0 fully saturated rings. The predicted molar refractivity (Wildman–Crippen MR) is 55.3 cm³/mol. The largest absolute Gasteiger partial charge is 0.324 e. The van der Waals surface area contributed by atoms with Gasteiger partial charge in [-0.3, -0.25) is 4.98 Å². The second-order valence-electron chi connectivity index (χ2n) is 3.39. The molecule has 2 heteroatoms. The summed E-state index contributed by atoms with van der Waals surface area (Å²) >= 11 is 0. The molecule has 0 aliphatic carbocycles. The summed E-state index contributed by atoms with van der Waals surface area (Å²) in [5.74, 6) is 0. The fraction of sp³-hybridized carbons (Fsp3) is 0.545. The fourth-order valence-corrected chi connectivity index (χ4v) is 1.38. The molecule has 0 aromatic carbocycles. The molecule has 2 N–H and O–H groups in total. The van der Waals surface area contributed by atoms with Gasteiger partial charge in [0.1, 0.15) is 0 Å². The number of nitrogens with two attached hydrogens (primary N) is 1. The number of pyridine rings is 1. The summed E-state index contributed by atoms with van der Waals surface area (Å²) in [6, 6.07) is 4.15. The van der Waals surface area contributed by atoms with E-state index in [1.54, 1.807) is 6.20 Å². The Morgan fingerprint density at radius 3 is 2.92 bits per heavy atom. The van der Waals surface area contributed by atoms with Crippen LogP contribution >= 0.6 is 0 Å². The van der Waals surface area contributed by atoms with Crippen molar-refractivity contribution in [2.24, 2.45) is 5.73 Å². The Hall–Kier alpha value is -0.890. The second kappa shape index (κ2) is 5.70. The van der Waals surface area contributed by atoms with E-state index >= 15 is 0 Å². The van der Waals surface area contributed by atoms with Crippen molar-refractivity contribution in [1.29, 1.82) is 0 Å². The minimum atomic E-state index is 0.167. The van der Waals surface area contributed by atoms with Gasteiger partial charge in [-0.25, -0.2) is 0 Å². The standard InChI is InChI=1S/C11H18N2/c1-2-3-4-7-11(12)10-6-5-8-13-9-10/h5-6,8-9,11H,2-4,7,12H2,1H3/t11-/m0/s1. The molecule has 0 spiro atoms. The van der Waals surface area contributed by atoms with Gasteiger partial charge < -0.3 is 5.73 Å². The Bertz CT molecular complexity index is 221. The van der Waals surface area contributed by atoms with E-state index in [1.165, 1.54) is 19.3 Å². The van der Waals surface area contributed by atoms with Crippen LogP contribution in [0.25, 0.3) is 0 Å². The smallest absolute Gasteiger partial charge is 0.0315 e. The van der Waals surface area contributed by atoms with E-state index in [4.69, 9.17) is 5.73 Å². The first-order valence-electron chi connectivity index (χ1n) is 5.00. The monoisotopic (exact) mass is 178 g/mol. The molecule has 1 rings (SSSR count). The Balaban J connectivity index is 2.35. The normalized spacial score (nSPS) is 12.8. The lowest BCUT2D eigenvalue weighted by atomic mass is 10.0. The molecule has 0 bridgehead atoms. The van der Waals surface area contributed by atoms with Crippen molar-refractivity contribution in [3.05, 3.63) is 30.1 Å². The Morgan fingerprint density at radius 2 is 2.31 bits per heavy atom. The fourth-order valence-electron chi connectivity index (χ4n) is 1.38. The Morgan fingerprint density at radius 1 is 1.46 bits per heavy atom. The van der Waals surface area contributed by atoms with E-state index in [0.717, 1.165) is 12.0 Å². The van der Waals surface area contributed by atoms with Gasteiger partial charge in [0.2, 0.25) is 0 Å². The van der Waals surface area contributed by atoms with Gasteiger partial charge in [-0.05, 0) is 18.1 Å². The molecule has 1 heterocycles. The van der Waals surface area contributed by atoms with Gasteiger partial charge in [-0.2, -0.15) is 0 Å². The molecule has 0 unspecified atom stereocenters. The first kappa shape index (κ1) is 10.2. The molecular weight excluding hydrogens is 160 g/mol. The van der Waals surface area contributed by atoms with Gasteiger partial charge in [0.05, 0.1) is 0 Å². The van der Waals surface area contributed by atoms with E-state index in [0.29, 0.717) is 0 Å². The molecular formula is C11H18N2.